The standard InChI is InChI=1S/C18H21Br2N/c1-3-15(13-8-6-5-7-9-13)18(21-4-2)16-12-14(19)10-11-17(16)20/h5-12,15,18,21H,3-4H2,1-2H3. The lowest BCUT2D eigenvalue weighted by Gasteiger charge is -2.29. The summed E-state index contributed by atoms with van der Waals surface area (Å²) in [5.41, 5.74) is 2.69. The Morgan fingerprint density at radius 2 is 1.71 bits per heavy atom. The molecule has 0 saturated heterocycles. The number of benzene rings is 2. The van der Waals surface area contributed by atoms with Crippen molar-refractivity contribution in [3.63, 3.8) is 0 Å². The molecule has 0 saturated carbocycles. The number of hydrogen-bond acceptors (Lipinski definition) is 1. The van der Waals surface area contributed by atoms with Crippen LogP contribution in [0.5, 0.6) is 0 Å². The van der Waals surface area contributed by atoms with Gasteiger partial charge >= 0.3 is 0 Å². The smallest absolute Gasteiger partial charge is 0.0401 e. The van der Waals surface area contributed by atoms with Gasteiger partial charge in [-0.25, -0.2) is 0 Å². The molecular formula is C18H21Br2N. The van der Waals surface area contributed by atoms with Gasteiger partial charge < -0.3 is 5.32 Å². The lowest BCUT2D eigenvalue weighted by Crippen LogP contribution is -2.27. The quantitative estimate of drug-likeness (QED) is 0.610. The summed E-state index contributed by atoms with van der Waals surface area (Å²) in [4.78, 5) is 0. The fourth-order valence-corrected chi connectivity index (χ4v) is 3.68. The fourth-order valence-electron chi connectivity index (χ4n) is 2.81. The molecule has 2 atom stereocenters. The Balaban J connectivity index is 2.43. The highest BCUT2D eigenvalue weighted by Crippen LogP contribution is 2.37. The summed E-state index contributed by atoms with van der Waals surface area (Å²) in [6.07, 6.45) is 1.10. The van der Waals surface area contributed by atoms with E-state index >= 15 is 0 Å². The highest BCUT2D eigenvalue weighted by Gasteiger charge is 2.24. The average molecular weight is 411 g/mol. The summed E-state index contributed by atoms with van der Waals surface area (Å²) in [6, 6.07) is 17.5. The summed E-state index contributed by atoms with van der Waals surface area (Å²) in [7, 11) is 0. The molecule has 0 aliphatic rings. The molecule has 0 heterocycles. The number of rotatable bonds is 6. The minimum atomic E-state index is 0.300. The van der Waals surface area contributed by atoms with Gasteiger partial charge in [0.25, 0.3) is 0 Å². The Kier molecular flexibility index (Phi) is 6.46. The molecule has 21 heavy (non-hydrogen) atoms. The normalized spacial score (nSPS) is 13.9. The van der Waals surface area contributed by atoms with Gasteiger partial charge in [-0.15, -0.1) is 0 Å². The summed E-state index contributed by atoms with van der Waals surface area (Å²) in [5, 5.41) is 3.67. The molecular weight excluding hydrogens is 390 g/mol. The maximum atomic E-state index is 3.71. The largest absolute Gasteiger partial charge is 0.310 e. The van der Waals surface area contributed by atoms with E-state index in [0.717, 1.165) is 21.9 Å². The van der Waals surface area contributed by atoms with Crippen molar-refractivity contribution < 1.29 is 0 Å². The van der Waals surface area contributed by atoms with Crippen LogP contribution in [0.2, 0.25) is 0 Å². The van der Waals surface area contributed by atoms with Crippen LogP contribution in [0.3, 0.4) is 0 Å². The van der Waals surface area contributed by atoms with Crippen LogP contribution in [-0.4, -0.2) is 6.54 Å². The first-order valence-corrected chi connectivity index (χ1v) is 8.99. The second kappa shape index (κ2) is 8.11. The Hall–Kier alpha value is -0.640. The van der Waals surface area contributed by atoms with Crippen molar-refractivity contribution >= 4 is 31.9 Å². The zero-order valence-electron chi connectivity index (χ0n) is 12.4. The molecule has 1 N–H and O–H groups in total. The van der Waals surface area contributed by atoms with Gasteiger partial charge in [-0.05, 0) is 42.3 Å². The topological polar surface area (TPSA) is 12.0 Å². The van der Waals surface area contributed by atoms with Crippen molar-refractivity contribution in [2.45, 2.75) is 32.2 Å². The van der Waals surface area contributed by atoms with Crippen LogP contribution in [-0.2, 0) is 0 Å². The third-order valence-electron chi connectivity index (χ3n) is 3.79. The van der Waals surface area contributed by atoms with Crippen molar-refractivity contribution in [2.75, 3.05) is 6.54 Å². The van der Waals surface area contributed by atoms with E-state index in [1.165, 1.54) is 11.1 Å². The van der Waals surface area contributed by atoms with E-state index in [1.54, 1.807) is 0 Å². The number of likely N-dealkylation sites (N-methyl/N-ethyl adjacent to an activating group) is 1. The summed E-state index contributed by atoms with van der Waals surface area (Å²) in [5.74, 6) is 0.455. The molecule has 0 radical (unpaired) electrons. The molecule has 2 aromatic carbocycles. The monoisotopic (exact) mass is 409 g/mol. The molecule has 2 unspecified atom stereocenters. The molecule has 0 spiro atoms. The third kappa shape index (κ3) is 4.18. The van der Waals surface area contributed by atoms with E-state index in [9.17, 15) is 0 Å². The summed E-state index contributed by atoms with van der Waals surface area (Å²) in [6.45, 7) is 5.37. The van der Waals surface area contributed by atoms with Crippen LogP contribution in [0.25, 0.3) is 0 Å². The first-order chi connectivity index (χ1) is 10.2. The predicted molar refractivity (Wildman–Crippen MR) is 97.7 cm³/mol. The number of halogens is 2. The van der Waals surface area contributed by atoms with Gasteiger partial charge in [0.1, 0.15) is 0 Å². The molecule has 2 rings (SSSR count). The van der Waals surface area contributed by atoms with Crippen molar-refractivity contribution in [3.8, 4) is 0 Å². The predicted octanol–water partition coefficient (Wildman–Crippen LogP) is 6.06. The Labute approximate surface area is 144 Å². The van der Waals surface area contributed by atoms with Gasteiger partial charge in [0.2, 0.25) is 0 Å². The van der Waals surface area contributed by atoms with Crippen molar-refractivity contribution in [1.29, 1.82) is 0 Å². The van der Waals surface area contributed by atoms with Gasteiger partial charge in [0.05, 0.1) is 0 Å². The highest BCUT2D eigenvalue weighted by atomic mass is 79.9. The van der Waals surface area contributed by atoms with Crippen LogP contribution in [0, 0.1) is 0 Å². The van der Waals surface area contributed by atoms with Crippen molar-refractivity contribution in [3.05, 3.63) is 68.6 Å². The Morgan fingerprint density at radius 3 is 2.33 bits per heavy atom. The van der Waals surface area contributed by atoms with Gasteiger partial charge in [-0.3, -0.25) is 0 Å². The van der Waals surface area contributed by atoms with Crippen LogP contribution in [0.1, 0.15) is 43.4 Å². The molecule has 2 aromatic rings. The molecule has 0 aliphatic carbocycles. The maximum absolute atomic E-state index is 3.71. The molecule has 1 nitrogen and oxygen atoms in total. The van der Waals surface area contributed by atoms with E-state index in [2.05, 4.69) is 99.6 Å². The van der Waals surface area contributed by atoms with E-state index < -0.39 is 0 Å². The van der Waals surface area contributed by atoms with Crippen LogP contribution < -0.4 is 5.32 Å². The first-order valence-electron chi connectivity index (χ1n) is 7.40. The van der Waals surface area contributed by atoms with Crippen molar-refractivity contribution in [1.82, 2.24) is 5.32 Å². The first kappa shape index (κ1) is 16.7. The fraction of sp³-hybridized carbons (Fsp3) is 0.333. The van der Waals surface area contributed by atoms with Crippen LogP contribution in [0.4, 0.5) is 0 Å². The molecule has 0 aromatic heterocycles. The van der Waals surface area contributed by atoms with Gasteiger partial charge in [0.15, 0.2) is 0 Å². The lowest BCUT2D eigenvalue weighted by molar-refractivity contribution is 0.444. The van der Waals surface area contributed by atoms with Gasteiger partial charge in [0, 0.05) is 20.9 Å². The number of hydrogen-bond donors (Lipinski definition) is 1. The minimum absolute atomic E-state index is 0.300. The van der Waals surface area contributed by atoms with E-state index in [1.807, 2.05) is 0 Å². The molecule has 0 fully saturated rings. The Bertz CT molecular complexity index is 569. The molecule has 0 aliphatic heterocycles. The zero-order valence-corrected chi connectivity index (χ0v) is 15.6. The maximum Gasteiger partial charge on any atom is 0.0401 e. The summed E-state index contributed by atoms with van der Waals surface area (Å²) < 4.78 is 2.28. The second-order valence-corrected chi connectivity index (χ2v) is 6.90. The van der Waals surface area contributed by atoms with Crippen molar-refractivity contribution in [2.24, 2.45) is 0 Å². The summed E-state index contributed by atoms with van der Waals surface area (Å²) >= 11 is 7.30. The third-order valence-corrected chi connectivity index (χ3v) is 5.00. The van der Waals surface area contributed by atoms with Crippen LogP contribution in [0.15, 0.2) is 57.5 Å². The Morgan fingerprint density at radius 1 is 1.00 bits per heavy atom. The lowest BCUT2D eigenvalue weighted by atomic mass is 9.85. The van der Waals surface area contributed by atoms with E-state index in [4.69, 9.17) is 0 Å². The van der Waals surface area contributed by atoms with E-state index in [0.29, 0.717) is 12.0 Å². The highest BCUT2D eigenvalue weighted by molar-refractivity contribution is 9.11. The molecule has 3 heteroatoms. The minimum Gasteiger partial charge on any atom is -0.310 e. The molecule has 0 bridgehead atoms. The SMILES string of the molecule is CCNC(c1cc(Br)ccc1Br)C(CC)c1ccccc1. The number of nitrogens with one attached hydrogen (secondary N) is 1. The van der Waals surface area contributed by atoms with Gasteiger partial charge in [-0.2, -0.15) is 0 Å². The molecule has 112 valence electrons. The average Bonchev–Trinajstić information content (AvgIpc) is 2.51. The van der Waals surface area contributed by atoms with E-state index in [-0.39, 0.29) is 0 Å². The second-order valence-electron chi connectivity index (χ2n) is 5.13. The van der Waals surface area contributed by atoms with Crippen LogP contribution >= 0.6 is 31.9 Å². The van der Waals surface area contributed by atoms with Gasteiger partial charge in [-0.1, -0.05) is 76.0 Å². The molecule has 0 amide bonds. The zero-order chi connectivity index (χ0) is 15.2.